The van der Waals surface area contributed by atoms with E-state index >= 15 is 0 Å². The van der Waals surface area contributed by atoms with Crippen LogP contribution in [0.25, 0.3) is 0 Å². The summed E-state index contributed by atoms with van der Waals surface area (Å²) in [4.78, 5) is 11.9. The smallest absolute Gasteiger partial charge is 0.338 e. The molecule has 3 nitrogen and oxygen atoms in total. The van der Waals surface area contributed by atoms with E-state index in [0.29, 0.717) is 23.1 Å². The fourth-order valence-electron chi connectivity index (χ4n) is 1.79. The Bertz CT molecular complexity index is 405. The molecule has 1 aliphatic rings. The summed E-state index contributed by atoms with van der Waals surface area (Å²) in [6.45, 7) is 3.29. The van der Waals surface area contributed by atoms with E-state index in [1.807, 2.05) is 0 Å². The van der Waals surface area contributed by atoms with Crippen molar-refractivity contribution in [2.75, 3.05) is 13.2 Å². The first-order valence-corrected chi connectivity index (χ1v) is 6.09. The largest absolute Gasteiger partial charge is 0.456 e. The predicted molar refractivity (Wildman–Crippen MR) is 65.3 cm³/mol. The molecule has 1 aromatic rings. The maximum absolute atomic E-state index is 11.9. The van der Waals surface area contributed by atoms with E-state index in [4.69, 9.17) is 21.1 Å². The first-order valence-electron chi connectivity index (χ1n) is 5.71. The number of esters is 1. The highest BCUT2D eigenvalue weighted by Crippen LogP contribution is 2.20. The number of hydrogen-bond donors (Lipinski definition) is 0. The van der Waals surface area contributed by atoms with Crippen LogP contribution in [0.1, 0.15) is 23.7 Å². The van der Waals surface area contributed by atoms with E-state index in [-0.39, 0.29) is 12.1 Å². The molecule has 0 spiro atoms. The van der Waals surface area contributed by atoms with Crippen LogP contribution in [0.15, 0.2) is 24.3 Å². The lowest BCUT2D eigenvalue weighted by atomic mass is 10.00. The molecular formula is C13H15ClO3. The number of rotatable bonds is 2. The van der Waals surface area contributed by atoms with E-state index < -0.39 is 0 Å². The summed E-state index contributed by atoms with van der Waals surface area (Å²) in [7, 11) is 0. The molecule has 0 aliphatic carbocycles. The molecule has 1 fully saturated rings. The van der Waals surface area contributed by atoms with Gasteiger partial charge in [0.15, 0.2) is 0 Å². The molecule has 0 N–H and O–H groups in total. The monoisotopic (exact) mass is 254 g/mol. The third-order valence-electron chi connectivity index (χ3n) is 2.95. The van der Waals surface area contributed by atoms with Gasteiger partial charge >= 0.3 is 5.97 Å². The second-order valence-corrected chi connectivity index (χ2v) is 4.73. The predicted octanol–water partition coefficient (Wildman–Crippen LogP) is 2.92. The summed E-state index contributed by atoms with van der Waals surface area (Å²) in [6.07, 6.45) is 0.767. The summed E-state index contributed by atoms with van der Waals surface area (Å²) >= 11 is 5.83. The molecule has 92 valence electrons. The molecule has 1 aliphatic heterocycles. The van der Waals surface area contributed by atoms with E-state index in [9.17, 15) is 4.79 Å². The molecule has 0 bridgehead atoms. The normalized spacial score (nSPS) is 24.4. The first kappa shape index (κ1) is 12.4. The summed E-state index contributed by atoms with van der Waals surface area (Å²) in [6, 6.07) is 6.77. The van der Waals surface area contributed by atoms with Gasteiger partial charge < -0.3 is 9.47 Å². The highest BCUT2D eigenvalue weighted by molar-refractivity contribution is 6.30. The lowest BCUT2D eigenvalue weighted by Crippen LogP contribution is -2.34. The van der Waals surface area contributed by atoms with E-state index in [2.05, 4.69) is 6.92 Å². The van der Waals surface area contributed by atoms with Crippen LogP contribution < -0.4 is 0 Å². The Morgan fingerprint density at radius 1 is 1.53 bits per heavy atom. The van der Waals surface area contributed by atoms with Crippen LogP contribution in [0, 0.1) is 5.92 Å². The highest BCUT2D eigenvalue weighted by atomic mass is 35.5. The van der Waals surface area contributed by atoms with Crippen molar-refractivity contribution in [1.29, 1.82) is 0 Å². The molecule has 17 heavy (non-hydrogen) atoms. The number of hydrogen-bond acceptors (Lipinski definition) is 3. The summed E-state index contributed by atoms with van der Waals surface area (Å²) < 4.78 is 10.7. The van der Waals surface area contributed by atoms with Gasteiger partial charge in [0.2, 0.25) is 0 Å². The summed E-state index contributed by atoms with van der Waals surface area (Å²) in [5.74, 6) is 0.00161. The van der Waals surface area contributed by atoms with Crippen LogP contribution in [-0.4, -0.2) is 25.3 Å². The van der Waals surface area contributed by atoms with Gasteiger partial charge in [0.1, 0.15) is 6.10 Å². The SMILES string of the molecule is CC1CCOCC1OC(=O)c1cccc(Cl)c1. The minimum absolute atomic E-state index is 0.157. The Morgan fingerprint density at radius 3 is 3.06 bits per heavy atom. The highest BCUT2D eigenvalue weighted by Gasteiger charge is 2.25. The molecule has 2 rings (SSSR count). The number of halogens is 1. The van der Waals surface area contributed by atoms with Gasteiger partial charge in [0.05, 0.1) is 12.2 Å². The fraction of sp³-hybridized carbons (Fsp3) is 0.462. The van der Waals surface area contributed by atoms with Crippen LogP contribution in [0.5, 0.6) is 0 Å². The molecular weight excluding hydrogens is 240 g/mol. The lowest BCUT2D eigenvalue weighted by molar-refractivity contribution is -0.0558. The topological polar surface area (TPSA) is 35.5 Å². The van der Waals surface area contributed by atoms with Gasteiger partial charge in [-0.25, -0.2) is 4.79 Å². The first-order chi connectivity index (χ1) is 8.16. The van der Waals surface area contributed by atoms with Crippen molar-refractivity contribution in [1.82, 2.24) is 0 Å². The maximum Gasteiger partial charge on any atom is 0.338 e. The molecule has 0 saturated carbocycles. The van der Waals surface area contributed by atoms with Crippen molar-refractivity contribution in [3.05, 3.63) is 34.9 Å². The Kier molecular flexibility index (Phi) is 4.02. The molecule has 4 heteroatoms. The number of ether oxygens (including phenoxy) is 2. The van der Waals surface area contributed by atoms with Crippen LogP contribution in [0.3, 0.4) is 0 Å². The molecule has 1 aromatic carbocycles. The average Bonchev–Trinajstić information content (AvgIpc) is 2.32. The van der Waals surface area contributed by atoms with E-state index in [1.165, 1.54) is 0 Å². The van der Waals surface area contributed by atoms with Gasteiger partial charge in [-0.3, -0.25) is 0 Å². The lowest BCUT2D eigenvalue weighted by Gasteiger charge is -2.28. The van der Waals surface area contributed by atoms with Gasteiger partial charge in [-0.1, -0.05) is 24.6 Å². The van der Waals surface area contributed by atoms with Gasteiger partial charge in [0.25, 0.3) is 0 Å². The minimum Gasteiger partial charge on any atom is -0.456 e. The van der Waals surface area contributed by atoms with E-state index in [1.54, 1.807) is 24.3 Å². The Hall–Kier alpha value is -1.06. The van der Waals surface area contributed by atoms with Crippen molar-refractivity contribution in [3.8, 4) is 0 Å². The third kappa shape index (κ3) is 3.20. The zero-order valence-corrected chi connectivity index (χ0v) is 10.4. The van der Waals surface area contributed by atoms with Crippen molar-refractivity contribution < 1.29 is 14.3 Å². The molecule has 2 atom stereocenters. The second kappa shape index (κ2) is 5.52. The number of carbonyl (C=O) groups excluding carboxylic acids is 1. The van der Waals surface area contributed by atoms with Gasteiger partial charge in [-0.05, 0) is 30.5 Å². The Balaban J connectivity index is 2.01. The quantitative estimate of drug-likeness (QED) is 0.762. The number of carbonyl (C=O) groups is 1. The van der Waals surface area contributed by atoms with Crippen molar-refractivity contribution >= 4 is 17.6 Å². The molecule has 0 aromatic heterocycles. The second-order valence-electron chi connectivity index (χ2n) is 4.29. The molecule has 0 amide bonds. The summed E-state index contributed by atoms with van der Waals surface area (Å²) in [5, 5.41) is 0.535. The number of benzene rings is 1. The molecule has 0 radical (unpaired) electrons. The van der Waals surface area contributed by atoms with Gasteiger partial charge in [0, 0.05) is 11.6 Å². The van der Waals surface area contributed by atoms with Gasteiger partial charge in [-0.15, -0.1) is 0 Å². The maximum atomic E-state index is 11.9. The Morgan fingerprint density at radius 2 is 2.35 bits per heavy atom. The standard InChI is InChI=1S/C13H15ClO3/c1-9-5-6-16-8-12(9)17-13(15)10-3-2-4-11(14)7-10/h2-4,7,9,12H,5-6,8H2,1H3. The third-order valence-corrected chi connectivity index (χ3v) is 3.19. The molecule has 1 saturated heterocycles. The van der Waals surface area contributed by atoms with Crippen LogP contribution >= 0.6 is 11.6 Å². The van der Waals surface area contributed by atoms with Crippen LogP contribution in [-0.2, 0) is 9.47 Å². The summed E-state index contributed by atoms with van der Waals surface area (Å²) in [5.41, 5.74) is 0.482. The van der Waals surface area contributed by atoms with Crippen molar-refractivity contribution in [2.24, 2.45) is 5.92 Å². The van der Waals surface area contributed by atoms with Crippen molar-refractivity contribution in [3.63, 3.8) is 0 Å². The van der Waals surface area contributed by atoms with E-state index in [0.717, 1.165) is 13.0 Å². The van der Waals surface area contributed by atoms with Crippen LogP contribution in [0.2, 0.25) is 5.02 Å². The van der Waals surface area contributed by atoms with Gasteiger partial charge in [-0.2, -0.15) is 0 Å². The fourth-order valence-corrected chi connectivity index (χ4v) is 1.98. The zero-order valence-electron chi connectivity index (χ0n) is 9.69. The Labute approximate surface area is 106 Å². The van der Waals surface area contributed by atoms with Crippen LogP contribution in [0.4, 0.5) is 0 Å². The molecule has 1 heterocycles. The zero-order chi connectivity index (χ0) is 12.3. The minimum atomic E-state index is -0.338. The average molecular weight is 255 g/mol. The van der Waals surface area contributed by atoms with Crippen molar-refractivity contribution in [2.45, 2.75) is 19.4 Å². The molecule has 2 unspecified atom stereocenters.